The Hall–Kier alpha value is -0.860. The number of rotatable bonds is 2. The van der Waals surface area contributed by atoms with Gasteiger partial charge in [-0.2, -0.15) is 0 Å². The van der Waals surface area contributed by atoms with Gasteiger partial charge in [0.25, 0.3) is 0 Å². The van der Waals surface area contributed by atoms with Gasteiger partial charge in [0.05, 0.1) is 5.60 Å². The lowest BCUT2D eigenvalue weighted by atomic mass is 9.86. The number of aliphatic hydroxyl groups is 1. The van der Waals surface area contributed by atoms with Crippen molar-refractivity contribution in [3.63, 3.8) is 0 Å². The van der Waals surface area contributed by atoms with Crippen LogP contribution >= 0.6 is 0 Å². The van der Waals surface area contributed by atoms with Crippen molar-refractivity contribution in [2.24, 2.45) is 0 Å². The standard InChI is InChI=1S/C15H23NO/c1-3-13-6-4-7-14(12-13)15(17)8-5-10-16(2)11-9-15/h4,6-7,12,17H,3,5,8-11H2,1-2H3. The Morgan fingerprint density at radius 2 is 2.12 bits per heavy atom. The first-order valence-corrected chi connectivity index (χ1v) is 6.64. The van der Waals surface area contributed by atoms with Gasteiger partial charge in [0.1, 0.15) is 0 Å². The van der Waals surface area contributed by atoms with Gasteiger partial charge in [-0.25, -0.2) is 0 Å². The third-order valence-electron chi connectivity index (χ3n) is 3.91. The number of benzene rings is 1. The van der Waals surface area contributed by atoms with E-state index in [0.29, 0.717) is 0 Å². The largest absolute Gasteiger partial charge is 0.385 e. The lowest BCUT2D eigenvalue weighted by Gasteiger charge is -2.27. The van der Waals surface area contributed by atoms with Gasteiger partial charge >= 0.3 is 0 Å². The summed E-state index contributed by atoms with van der Waals surface area (Å²) in [5, 5.41) is 10.8. The summed E-state index contributed by atoms with van der Waals surface area (Å²) in [5.74, 6) is 0. The molecule has 1 atom stereocenters. The van der Waals surface area contributed by atoms with Crippen molar-refractivity contribution < 1.29 is 5.11 Å². The Bertz CT molecular complexity index is 377. The molecule has 2 rings (SSSR count). The van der Waals surface area contributed by atoms with E-state index in [4.69, 9.17) is 0 Å². The van der Waals surface area contributed by atoms with Gasteiger partial charge in [-0.1, -0.05) is 31.2 Å². The fourth-order valence-corrected chi connectivity index (χ4v) is 2.62. The van der Waals surface area contributed by atoms with Crippen LogP contribution < -0.4 is 0 Å². The van der Waals surface area contributed by atoms with Crippen LogP contribution in [-0.2, 0) is 12.0 Å². The molecule has 0 bridgehead atoms. The van der Waals surface area contributed by atoms with Crippen LogP contribution in [0.3, 0.4) is 0 Å². The normalized spacial score (nSPS) is 26.8. The minimum atomic E-state index is -0.615. The van der Waals surface area contributed by atoms with E-state index in [9.17, 15) is 5.11 Å². The molecule has 1 aromatic rings. The lowest BCUT2D eigenvalue weighted by molar-refractivity contribution is 0.0218. The predicted molar refractivity (Wildman–Crippen MR) is 71.1 cm³/mol. The third-order valence-corrected chi connectivity index (χ3v) is 3.91. The van der Waals surface area contributed by atoms with Crippen molar-refractivity contribution in [3.8, 4) is 0 Å². The highest BCUT2D eigenvalue weighted by molar-refractivity contribution is 5.28. The van der Waals surface area contributed by atoms with E-state index in [1.165, 1.54) is 5.56 Å². The van der Waals surface area contributed by atoms with Crippen LogP contribution in [0, 0.1) is 0 Å². The van der Waals surface area contributed by atoms with Gasteiger partial charge in [0.15, 0.2) is 0 Å². The minimum absolute atomic E-state index is 0.615. The summed E-state index contributed by atoms with van der Waals surface area (Å²) in [6, 6.07) is 8.45. The zero-order valence-electron chi connectivity index (χ0n) is 10.9. The number of nitrogens with zero attached hydrogens (tertiary/aromatic N) is 1. The summed E-state index contributed by atoms with van der Waals surface area (Å²) < 4.78 is 0. The fourth-order valence-electron chi connectivity index (χ4n) is 2.62. The first-order valence-electron chi connectivity index (χ1n) is 6.64. The lowest BCUT2D eigenvalue weighted by Crippen LogP contribution is -2.27. The summed E-state index contributed by atoms with van der Waals surface area (Å²) in [7, 11) is 2.13. The second kappa shape index (κ2) is 5.19. The Morgan fingerprint density at radius 3 is 2.88 bits per heavy atom. The average molecular weight is 233 g/mol. The van der Waals surface area contributed by atoms with E-state index in [1.54, 1.807) is 0 Å². The molecule has 2 nitrogen and oxygen atoms in total. The summed E-state index contributed by atoms with van der Waals surface area (Å²) >= 11 is 0. The van der Waals surface area contributed by atoms with E-state index >= 15 is 0 Å². The number of hydrogen-bond donors (Lipinski definition) is 1. The van der Waals surface area contributed by atoms with E-state index in [1.807, 2.05) is 0 Å². The molecule has 0 radical (unpaired) electrons. The summed E-state index contributed by atoms with van der Waals surface area (Å²) in [5.41, 5.74) is 1.80. The molecule has 1 saturated heterocycles. The van der Waals surface area contributed by atoms with Crippen LogP contribution in [0.25, 0.3) is 0 Å². The van der Waals surface area contributed by atoms with Crippen LogP contribution in [0.2, 0.25) is 0 Å². The summed E-state index contributed by atoms with van der Waals surface area (Å²) in [6.45, 7) is 4.23. The zero-order valence-corrected chi connectivity index (χ0v) is 10.9. The molecule has 1 aliphatic heterocycles. The second-order valence-electron chi connectivity index (χ2n) is 5.24. The molecule has 1 N–H and O–H groups in total. The smallest absolute Gasteiger partial charge is 0.0909 e. The van der Waals surface area contributed by atoms with Crippen molar-refractivity contribution in [3.05, 3.63) is 35.4 Å². The molecule has 0 aromatic heterocycles. The van der Waals surface area contributed by atoms with E-state index in [-0.39, 0.29) is 0 Å². The average Bonchev–Trinajstić information content (AvgIpc) is 2.53. The molecule has 2 heteroatoms. The van der Waals surface area contributed by atoms with Crippen LogP contribution in [0.5, 0.6) is 0 Å². The quantitative estimate of drug-likeness (QED) is 0.848. The van der Waals surface area contributed by atoms with Crippen LogP contribution in [-0.4, -0.2) is 30.1 Å². The van der Waals surface area contributed by atoms with Gasteiger partial charge < -0.3 is 10.0 Å². The first-order chi connectivity index (χ1) is 8.14. The van der Waals surface area contributed by atoms with E-state index in [0.717, 1.165) is 44.3 Å². The molecule has 0 aliphatic carbocycles. The third kappa shape index (κ3) is 2.88. The maximum Gasteiger partial charge on any atom is 0.0909 e. The molecule has 1 aliphatic rings. The Morgan fingerprint density at radius 1 is 1.29 bits per heavy atom. The molecule has 1 fully saturated rings. The maximum absolute atomic E-state index is 10.8. The van der Waals surface area contributed by atoms with Crippen molar-refractivity contribution in [2.45, 2.75) is 38.2 Å². The summed E-state index contributed by atoms with van der Waals surface area (Å²) in [6.07, 6.45) is 3.83. The minimum Gasteiger partial charge on any atom is -0.385 e. The highest BCUT2D eigenvalue weighted by Gasteiger charge is 2.31. The molecular formula is C15H23NO. The van der Waals surface area contributed by atoms with Crippen LogP contribution in [0.15, 0.2) is 24.3 Å². The molecule has 1 heterocycles. The second-order valence-corrected chi connectivity index (χ2v) is 5.24. The zero-order chi connectivity index (χ0) is 12.3. The molecule has 0 amide bonds. The van der Waals surface area contributed by atoms with Crippen molar-refractivity contribution in [2.75, 3.05) is 20.1 Å². The van der Waals surface area contributed by atoms with Crippen LogP contribution in [0.1, 0.15) is 37.3 Å². The molecule has 94 valence electrons. The Balaban J connectivity index is 2.23. The molecular weight excluding hydrogens is 210 g/mol. The monoisotopic (exact) mass is 233 g/mol. The van der Waals surface area contributed by atoms with E-state index in [2.05, 4.69) is 43.1 Å². The van der Waals surface area contributed by atoms with Gasteiger partial charge in [0, 0.05) is 6.54 Å². The topological polar surface area (TPSA) is 23.5 Å². The molecule has 0 saturated carbocycles. The summed E-state index contributed by atoms with van der Waals surface area (Å²) in [4.78, 5) is 2.31. The maximum atomic E-state index is 10.8. The highest BCUT2D eigenvalue weighted by Crippen LogP contribution is 2.32. The van der Waals surface area contributed by atoms with Crippen molar-refractivity contribution in [1.29, 1.82) is 0 Å². The number of likely N-dealkylation sites (tertiary alicyclic amines) is 1. The molecule has 17 heavy (non-hydrogen) atoms. The molecule has 0 spiro atoms. The Kier molecular flexibility index (Phi) is 3.85. The number of aryl methyl sites for hydroxylation is 1. The fraction of sp³-hybridized carbons (Fsp3) is 0.600. The van der Waals surface area contributed by atoms with Gasteiger partial charge in [-0.15, -0.1) is 0 Å². The van der Waals surface area contributed by atoms with Gasteiger partial charge in [-0.05, 0) is 50.4 Å². The highest BCUT2D eigenvalue weighted by atomic mass is 16.3. The molecule has 1 unspecified atom stereocenters. The molecule has 1 aromatic carbocycles. The first kappa shape index (κ1) is 12.6. The SMILES string of the molecule is CCc1cccc(C2(O)CCCN(C)CC2)c1. The van der Waals surface area contributed by atoms with Crippen LogP contribution in [0.4, 0.5) is 0 Å². The van der Waals surface area contributed by atoms with Gasteiger partial charge in [-0.3, -0.25) is 0 Å². The van der Waals surface area contributed by atoms with E-state index < -0.39 is 5.60 Å². The Labute approximate surface area is 104 Å². The number of hydrogen-bond acceptors (Lipinski definition) is 2. The van der Waals surface area contributed by atoms with Gasteiger partial charge in [0.2, 0.25) is 0 Å². The predicted octanol–water partition coefficient (Wildman–Crippen LogP) is 2.55. The van der Waals surface area contributed by atoms with Crippen molar-refractivity contribution >= 4 is 0 Å². The van der Waals surface area contributed by atoms with Crippen molar-refractivity contribution in [1.82, 2.24) is 4.90 Å².